The van der Waals surface area contributed by atoms with Gasteiger partial charge in [-0.1, -0.05) is 29.3 Å². The molecule has 1 aliphatic heterocycles. The third-order valence-corrected chi connectivity index (χ3v) is 4.81. The van der Waals surface area contributed by atoms with Gasteiger partial charge in [-0.15, -0.1) is 0 Å². The number of hydrogen-bond acceptors (Lipinski definition) is 4. The normalized spacial score (nSPS) is 14.5. The lowest BCUT2D eigenvalue weighted by molar-refractivity contribution is 0.571. The maximum absolute atomic E-state index is 12.3. The molecule has 0 bridgehead atoms. The van der Waals surface area contributed by atoms with Gasteiger partial charge in [0.15, 0.2) is 11.4 Å². The topological polar surface area (TPSA) is 72.8 Å². The Kier molecular flexibility index (Phi) is 5.08. The second kappa shape index (κ2) is 7.25. The minimum absolute atomic E-state index is 0.0785. The summed E-state index contributed by atoms with van der Waals surface area (Å²) in [6, 6.07) is 7.29. The molecule has 5 nitrogen and oxygen atoms in total. The number of nitrogens with zero attached hydrogens (tertiary/aromatic N) is 3. The number of nitriles is 1. The van der Waals surface area contributed by atoms with Gasteiger partial charge in [0.2, 0.25) is 0 Å². The van der Waals surface area contributed by atoms with Crippen LogP contribution in [0.1, 0.15) is 36.2 Å². The highest BCUT2D eigenvalue weighted by Crippen LogP contribution is 2.24. The van der Waals surface area contributed by atoms with Gasteiger partial charge in [0.05, 0.1) is 10.0 Å². The lowest BCUT2D eigenvalue weighted by Crippen LogP contribution is -2.33. The van der Waals surface area contributed by atoms with Crippen molar-refractivity contribution in [2.24, 2.45) is 0 Å². The third kappa shape index (κ3) is 3.55. The van der Waals surface area contributed by atoms with Crippen LogP contribution in [-0.4, -0.2) is 23.1 Å². The van der Waals surface area contributed by atoms with E-state index in [9.17, 15) is 10.1 Å². The number of hydrogen-bond donors (Lipinski definition) is 1. The molecule has 0 amide bonds. The molecule has 0 aliphatic carbocycles. The van der Waals surface area contributed by atoms with E-state index < -0.39 is 5.56 Å². The number of aromatic amines is 1. The van der Waals surface area contributed by atoms with Crippen molar-refractivity contribution in [1.82, 2.24) is 9.97 Å². The first-order valence-electron chi connectivity index (χ1n) is 7.80. The largest absolute Gasteiger partial charge is 0.355 e. The fourth-order valence-corrected chi connectivity index (χ4v) is 3.19. The lowest BCUT2D eigenvalue weighted by atomic mass is 10.1. The molecule has 3 rings (SSSR count). The summed E-state index contributed by atoms with van der Waals surface area (Å²) in [5, 5.41) is 10.3. The van der Waals surface area contributed by atoms with Crippen LogP contribution in [0.2, 0.25) is 10.0 Å². The van der Waals surface area contributed by atoms with Crippen LogP contribution in [0.15, 0.2) is 23.0 Å². The van der Waals surface area contributed by atoms with E-state index in [2.05, 4.69) is 9.97 Å². The van der Waals surface area contributed by atoms with Gasteiger partial charge in [-0.3, -0.25) is 4.79 Å². The van der Waals surface area contributed by atoms with E-state index in [1.165, 1.54) is 0 Å². The number of halogens is 2. The van der Waals surface area contributed by atoms with Gasteiger partial charge in [0.1, 0.15) is 11.9 Å². The van der Waals surface area contributed by atoms with E-state index in [4.69, 9.17) is 23.2 Å². The number of piperidine rings is 1. The predicted octanol–water partition coefficient (Wildman–Crippen LogP) is 3.53. The summed E-state index contributed by atoms with van der Waals surface area (Å²) >= 11 is 12.0. The minimum Gasteiger partial charge on any atom is -0.355 e. The lowest BCUT2D eigenvalue weighted by Gasteiger charge is -2.28. The van der Waals surface area contributed by atoms with Crippen molar-refractivity contribution < 1.29 is 0 Å². The van der Waals surface area contributed by atoms with Crippen LogP contribution in [-0.2, 0) is 6.42 Å². The molecular formula is C17H16Cl2N4O. The standard InChI is InChI=1S/C17H16Cl2N4O/c18-13-5-4-11(8-14(13)19)9-15-21-16(12(10-20)17(24)22-15)23-6-2-1-3-7-23/h4-5,8H,1-3,6-7,9H2,(H,21,22,24). The molecule has 2 heterocycles. The molecule has 0 atom stereocenters. The van der Waals surface area contributed by atoms with Crippen molar-refractivity contribution in [1.29, 1.82) is 5.26 Å². The Morgan fingerprint density at radius 3 is 2.62 bits per heavy atom. The number of nitrogens with one attached hydrogen (secondary N) is 1. The van der Waals surface area contributed by atoms with E-state index in [0.29, 0.717) is 28.1 Å². The van der Waals surface area contributed by atoms with Crippen LogP contribution < -0.4 is 10.5 Å². The van der Waals surface area contributed by atoms with Gasteiger partial charge in [-0.25, -0.2) is 4.98 Å². The minimum atomic E-state index is -0.400. The van der Waals surface area contributed by atoms with E-state index in [1.807, 2.05) is 17.0 Å². The van der Waals surface area contributed by atoms with Gasteiger partial charge in [-0.2, -0.15) is 5.26 Å². The average Bonchev–Trinajstić information content (AvgIpc) is 2.58. The summed E-state index contributed by atoms with van der Waals surface area (Å²) in [6.07, 6.45) is 3.67. The molecule has 0 radical (unpaired) electrons. The highest BCUT2D eigenvalue weighted by Gasteiger charge is 2.19. The summed E-state index contributed by atoms with van der Waals surface area (Å²) < 4.78 is 0. The molecule has 1 aromatic carbocycles. The van der Waals surface area contributed by atoms with Crippen molar-refractivity contribution in [2.75, 3.05) is 18.0 Å². The SMILES string of the molecule is N#Cc1c(N2CCCCC2)nc(Cc2ccc(Cl)c(Cl)c2)[nH]c1=O. The average molecular weight is 363 g/mol. The molecule has 7 heteroatoms. The Labute approximate surface area is 149 Å². The van der Waals surface area contributed by atoms with E-state index in [-0.39, 0.29) is 5.56 Å². The molecule has 1 N–H and O–H groups in total. The molecule has 1 saturated heterocycles. The molecule has 124 valence electrons. The third-order valence-electron chi connectivity index (χ3n) is 4.07. The summed E-state index contributed by atoms with van der Waals surface area (Å²) in [5.74, 6) is 0.994. The van der Waals surface area contributed by atoms with E-state index >= 15 is 0 Å². The molecule has 1 aliphatic rings. The molecular weight excluding hydrogens is 347 g/mol. The first kappa shape index (κ1) is 16.8. The Balaban J connectivity index is 1.96. The molecule has 0 saturated carbocycles. The zero-order valence-electron chi connectivity index (χ0n) is 13.0. The van der Waals surface area contributed by atoms with Crippen molar-refractivity contribution in [3.63, 3.8) is 0 Å². The molecule has 0 spiro atoms. The van der Waals surface area contributed by atoms with Crippen molar-refractivity contribution in [3.8, 4) is 6.07 Å². The van der Waals surface area contributed by atoms with E-state index in [0.717, 1.165) is 37.9 Å². The van der Waals surface area contributed by atoms with Crippen LogP contribution in [0.3, 0.4) is 0 Å². The van der Waals surface area contributed by atoms with Crippen molar-refractivity contribution >= 4 is 29.0 Å². The maximum atomic E-state index is 12.3. The van der Waals surface area contributed by atoms with Gasteiger partial charge >= 0.3 is 0 Å². The Morgan fingerprint density at radius 2 is 1.96 bits per heavy atom. The Bertz CT molecular complexity index is 851. The van der Waals surface area contributed by atoms with Crippen LogP contribution in [0, 0.1) is 11.3 Å². The summed E-state index contributed by atoms with van der Waals surface area (Å²) in [7, 11) is 0. The molecule has 2 aromatic rings. The fraction of sp³-hybridized carbons (Fsp3) is 0.353. The van der Waals surface area contributed by atoms with Gasteiger partial charge in [0, 0.05) is 19.5 Å². The van der Waals surface area contributed by atoms with Crippen molar-refractivity contribution in [2.45, 2.75) is 25.7 Å². The van der Waals surface area contributed by atoms with Crippen LogP contribution >= 0.6 is 23.2 Å². The number of aromatic nitrogens is 2. The Hall–Kier alpha value is -2.03. The zero-order valence-corrected chi connectivity index (χ0v) is 14.5. The molecule has 0 unspecified atom stereocenters. The summed E-state index contributed by atoms with van der Waals surface area (Å²) in [4.78, 5) is 21.5. The van der Waals surface area contributed by atoms with Crippen molar-refractivity contribution in [3.05, 3.63) is 55.5 Å². The van der Waals surface area contributed by atoms with Gasteiger partial charge in [-0.05, 0) is 37.0 Å². The van der Waals surface area contributed by atoms with Crippen LogP contribution in [0.4, 0.5) is 5.82 Å². The number of anilines is 1. The molecule has 24 heavy (non-hydrogen) atoms. The number of rotatable bonds is 3. The van der Waals surface area contributed by atoms with Gasteiger partial charge < -0.3 is 9.88 Å². The first-order chi connectivity index (χ1) is 11.6. The summed E-state index contributed by atoms with van der Waals surface area (Å²) in [6.45, 7) is 1.63. The molecule has 1 fully saturated rings. The highest BCUT2D eigenvalue weighted by atomic mass is 35.5. The number of H-pyrrole nitrogens is 1. The quantitative estimate of drug-likeness (QED) is 0.906. The fourth-order valence-electron chi connectivity index (χ4n) is 2.87. The summed E-state index contributed by atoms with van der Waals surface area (Å²) in [5.41, 5.74) is 0.569. The maximum Gasteiger partial charge on any atom is 0.271 e. The molecule has 1 aromatic heterocycles. The van der Waals surface area contributed by atoms with Crippen LogP contribution in [0.25, 0.3) is 0 Å². The predicted molar refractivity (Wildman–Crippen MR) is 94.9 cm³/mol. The Morgan fingerprint density at radius 1 is 1.21 bits per heavy atom. The van der Waals surface area contributed by atoms with Gasteiger partial charge in [0.25, 0.3) is 5.56 Å². The first-order valence-corrected chi connectivity index (χ1v) is 8.56. The van der Waals surface area contributed by atoms with E-state index in [1.54, 1.807) is 12.1 Å². The number of benzene rings is 1. The second-order valence-electron chi connectivity index (χ2n) is 5.80. The highest BCUT2D eigenvalue weighted by molar-refractivity contribution is 6.42. The zero-order chi connectivity index (χ0) is 17.1. The monoisotopic (exact) mass is 362 g/mol. The smallest absolute Gasteiger partial charge is 0.271 e. The van der Waals surface area contributed by atoms with Crippen LogP contribution in [0.5, 0.6) is 0 Å². The second-order valence-corrected chi connectivity index (χ2v) is 6.61.